The number of hydrogen-bond acceptors (Lipinski definition) is 2. The molecule has 0 aromatic carbocycles. The molecule has 0 unspecified atom stereocenters. The van der Waals surface area contributed by atoms with Gasteiger partial charge in [0, 0.05) is 5.92 Å². The van der Waals surface area contributed by atoms with E-state index < -0.39 is 5.79 Å². The van der Waals surface area contributed by atoms with Gasteiger partial charge in [0.1, 0.15) is 0 Å². The summed E-state index contributed by atoms with van der Waals surface area (Å²) >= 11 is 0. The van der Waals surface area contributed by atoms with E-state index in [1.54, 1.807) is 0 Å². The van der Waals surface area contributed by atoms with Crippen molar-refractivity contribution in [3.8, 4) is 0 Å². The second-order valence-electron chi connectivity index (χ2n) is 3.79. The maximum absolute atomic E-state index is 5.71. The van der Waals surface area contributed by atoms with Crippen LogP contribution in [0, 0.1) is 5.92 Å². The summed E-state index contributed by atoms with van der Waals surface area (Å²) in [5.41, 5.74) is 0. The molecular weight excluding hydrogens is 164 g/mol. The van der Waals surface area contributed by atoms with Crippen molar-refractivity contribution in [3.63, 3.8) is 0 Å². The van der Waals surface area contributed by atoms with Gasteiger partial charge in [0.25, 0.3) is 0 Å². The van der Waals surface area contributed by atoms with E-state index in [9.17, 15) is 0 Å². The third-order valence-electron chi connectivity index (χ3n) is 2.25. The lowest BCUT2D eigenvalue weighted by molar-refractivity contribution is -0.142. The number of ether oxygens (including phenoxy) is 2. The molecule has 2 nitrogen and oxygen atoms in total. The minimum atomic E-state index is -0.437. The van der Waals surface area contributed by atoms with Crippen molar-refractivity contribution in [3.05, 3.63) is 25.3 Å². The molecule has 74 valence electrons. The molecule has 0 amide bonds. The second kappa shape index (κ2) is 4.07. The van der Waals surface area contributed by atoms with Crippen molar-refractivity contribution in [1.29, 1.82) is 0 Å². The van der Waals surface area contributed by atoms with Crippen LogP contribution in [0.3, 0.4) is 0 Å². The first-order chi connectivity index (χ1) is 6.09. The lowest BCUT2D eigenvalue weighted by atomic mass is 9.99. The molecule has 1 aliphatic rings. The van der Waals surface area contributed by atoms with Gasteiger partial charge in [0.05, 0.1) is 12.7 Å². The Balaban J connectivity index is 2.52. The van der Waals surface area contributed by atoms with Crippen molar-refractivity contribution in [2.45, 2.75) is 32.2 Å². The Morgan fingerprint density at radius 2 is 2.23 bits per heavy atom. The van der Waals surface area contributed by atoms with Crippen molar-refractivity contribution in [2.75, 3.05) is 6.61 Å². The van der Waals surface area contributed by atoms with E-state index in [-0.39, 0.29) is 6.10 Å². The Kier molecular flexibility index (Phi) is 3.28. The Labute approximate surface area is 80.2 Å². The van der Waals surface area contributed by atoms with Crippen molar-refractivity contribution in [2.24, 2.45) is 5.92 Å². The number of rotatable bonds is 4. The van der Waals surface area contributed by atoms with Gasteiger partial charge in [-0.25, -0.2) is 0 Å². The van der Waals surface area contributed by atoms with E-state index in [0.717, 1.165) is 6.42 Å². The fraction of sp³-hybridized carbons (Fsp3) is 0.636. The molecular formula is C11H18O2. The largest absolute Gasteiger partial charge is 0.348 e. The normalized spacial score (nSPS) is 28.3. The van der Waals surface area contributed by atoms with Crippen LogP contribution in [0.2, 0.25) is 0 Å². The molecule has 1 fully saturated rings. The molecule has 1 saturated heterocycles. The quantitative estimate of drug-likeness (QED) is 0.622. The van der Waals surface area contributed by atoms with Crippen molar-refractivity contribution in [1.82, 2.24) is 0 Å². The third kappa shape index (κ3) is 2.68. The van der Waals surface area contributed by atoms with E-state index in [1.807, 2.05) is 26.0 Å². The molecule has 0 spiro atoms. The zero-order valence-electron chi connectivity index (χ0n) is 8.45. The van der Waals surface area contributed by atoms with E-state index in [1.165, 1.54) is 0 Å². The van der Waals surface area contributed by atoms with Gasteiger partial charge in [0.15, 0.2) is 5.79 Å². The van der Waals surface area contributed by atoms with Crippen LogP contribution < -0.4 is 0 Å². The Morgan fingerprint density at radius 1 is 1.54 bits per heavy atom. The average molecular weight is 182 g/mol. The molecule has 1 aliphatic heterocycles. The number of allylic oxidation sites excluding steroid dienone is 1. The summed E-state index contributed by atoms with van der Waals surface area (Å²) in [6.07, 6.45) is 4.83. The number of hydrogen-bond donors (Lipinski definition) is 0. The van der Waals surface area contributed by atoms with Crippen LogP contribution in [-0.2, 0) is 9.47 Å². The molecule has 0 N–H and O–H groups in total. The van der Waals surface area contributed by atoms with Gasteiger partial charge in [-0.3, -0.25) is 0 Å². The first-order valence-electron chi connectivity index (χ1n) is 4.64. The van der Waals surface area contributed by atoms with Gasteiger partial charge in [-0.15, -0.1) is 13.2 Å². The highest BCUT2D eigenvalue weighted by Gasteiger charge is 2.35. The highest BCUT2D eigenvalue weighted by Crippen LogP contribution is 2.28. The average Bonchev–Trinajstić information content (AvgIpc) is 2.42. The summed E-state index contributed by atoms with van der Waals surface area (Å²) in [6.45, 7) is 12.0. The second-order valence-corrected chi connectivity index (χ2v) is 3.79. The van der Waals surface area contributed by atoms with Gasteiger partial charge in [-0.1, -0.05) is 12.2 Å². The van der Waals surface area contributed by atoms with E-state index in [0.29, 0.717) is 12.5 Å². The lowest BCUT2D eigenvalue weighted by Crippen LogP contribution is -2.25. The van der Waals surface area contributed by atoms with Crippen LogP contribution in [0.5, 0.6) is 0 Å². The smallest absolute Gasteiger partial charge is 0.163 e. The van der Waals surface area contributed by atoms with Crippen LogP contribution in [0.25, 0.3) is 0 Å². The molecule has 0 aliphatic carbocycles. The third-order valence-corrected chi connectivity index (χ3v) is 2.25. The van der Waals surface area contributed by atoms with E-state index in [4.69, 9.17) is 9.47 Å². The fourth-order valence-corrected chi connectivity index (χ4v) is 1.52. The first kappa shape index (κ1) is 10.5. The molecule has 0 bridgehead atoms. The molecule has 13 heavy (non-hydrogen) atoms. The Morgan fingerprint density at radius 3 is 2.62 bits per heavy atom. The maximum Gasteiger partial charge on any atom is 0.163 e. The van der Waals surface area contributed by atoms with E-state index in [2.05, 4.69) is 13.2 Å². The molecule has 2 atom stereocenters. The molecule has 0 aromatic rings. The molecule has 2 heteroatoms. The van der Waals surface area contributed by atoms with Gasteiger partial charge in [-0.2, -0.15) is 0 Å². The standard InChI is InChI=1S/C11H18O2/c1-5-7-9(6-2)10-8-12-11(3,4)13-10/h5-6,9-10H,1-2,7-8H2,3-4H3/t9-,10-/m1/s1. The van der Waals surface area contributed by atoms with Gasteiger partial charge < -0.3 is 9.47 Å². The highest BCUT2D eigenvalue weighted by atomic mass is 16.7. The topological polar surface area (TPSA) is 18.5 Å². The molecule has 0 saturated carbocycles. The first-order valence-corrected chi connectivity index (χ1v) is 4.64. The minimum absolute atomic E-state index is 0.130. The summed E-state index contributed by atoms with van der Waals surface area (Å²) in [5.74, 6) is -0.119. The fourth-order valence-electron chi connectivity index (χ4n) is 1.52. The minimum Gasteiger partial charge on any atom is -0.348 e. The van der Waals surface area contributed by atoms with Gasteiger partial charge in [-0.05, 0) is 20.3 Å². The molecule has 1 rings (SSSR count). The monoisotopic (exact) mass is 182 g/mol. The summed E-state index contributed by atoms with van der Waals surface area (Å²) in [7, 11) is 0. The van der Waals surface area contributed by atoms with Gasteiger partial charge in [0.2, 0.25) is 0 Å². The van der Waals surface area contributed by atoms with Gasteiger partial charge >= 0.3 is 0 Å². The zero-order valence-corrected chi connectivity index (χ0v) is 8.45. The zero-order chi connectivity index (χ0) is 9.90. The summed E-state index contributed by atoms with van der Waals surface area (Å²) < 4.78 is 11.2. The van der Waals surface area contributed by atoms with E-state index >= 15 is 0 Å². The summed E-state index contributed by atoms with van der Waals surface area (Å²) in [6, 6.07) is 0. The van der Waals surface area contributed by atoms with Crippen LogP contribution in [0.15, 0.2) is 25.3 Å². The Bertz CT molecular complexity index is 196. The van der Waals surface area contributed by atoms with Crippen LogP contribution in [0.1, 0.15) is 20.3 Å². The van der Waals surface area contributed by atoms with Crippen LogP contribution in [0.4, 0.5) is 0 Å². The maximum atomic E-state index is 5.71. The summed E-state index contributed by atoms with van der Waals surface area (Å²) in [4.78, 5) is 0. The summed E-state index contributed by atoms with van der Waals surface area (Å²) in [5, 5.41) is 0. The predicted octanol–water partition coefficient (Wildman–Crippen LogP) is 2.52. The Hall–Kier alpha value is -0.600. The predicted molar refractivity (Wildman–Crippen MR) is 53.4 cm³/mol. The molecule has 1 heterocycles. The highest BCUT2D eigenvalue weighted by molar-refractivity contribution is 4.92. The SMILES string of the molecule is C=CC[C@@H](C=C)[C@H]1COC(C)(C)O1. The van der Waals surface area contributed by atoms with Crippen LogP contribution >= 0.6 is 0 Å². The van der Waals surface area contributed by atoms with Crippen LogP contribution in [-0.4, -0.2) is 18.5 Å². The molecule has 0 radical (unpaired) electrons. The lowest BCUT2D eigenvalue weighted by Gasteiger charge is -2.20. The van der Waals surface area contributed by atoms with Crippen molar-refractivity contribution < 1.29 is 9.47 Å². The molecule has 0 aromatic heterocycles. The van der Waals surface area contributed by atoms with Crippen molar-refractivity contribution >= 4 is 0 Å².